The second kappa shape index (κ2) is 47.5. The minimum absolute atomic E-state index is 0.110. The van der Waals surface area contributed by atoms with Gasteiger partial charge in [-0.25, -0.2) is 0 Å². The summed E-state index contributed by atoms with van der Waals surface area (Å²) < 4.78 is 16.6. The number of hydrogen-bond donors (Lipinski definition) is 0. The van der Waals surface area contributed by atoms with Crippen molar-refractivity contribution in [2.75, 3.05) is 13.2 Å². The fourth-order valence-corrected chi connectivity index (χ4v) is 6.49. The van der Waals surface area contributed by atoms with Crippen molar-refractivity contribution in [3.8, 4) is 0 Å². The highest BCUT2D eigenvalue weighted by Crippen LogP contribution is 2.13. The zero-order valence-electron chi connectivity index (χ0n) is 38.5. The van der Waals surface area contributed by atoms with Crippen molar-refractivity contribution in [2.45, 2.75) is 232 Å². The molecule has 1 unspecified atom stereocenters. The molecule has 59 heavy (non-hydrogen) atoms. The van der Waals surface area contributed by atoms with Crippen molar-refractivity contribution in [3.05, 3.63) is 72.9 Å². The van der Waals surface area contributed by atoms with E-state index in [1.807, 2.05) is 0 Å². The molecular weight excluding hydrogens is 733 g/mol. The van der Waals surface area contributed by atoms with Crippen LogP contribution < -0.4 is 0 Å². The quantitative estimate of drug-likeness (QED) is 0.0264. The fourth-order valence-electron chi connectivity index (χ4n) is 6.49. The lowest BCUT2D eigenvalue weighted by Crippen LogP contribution is -2.30. The maximum Gasteiger partial charge on any atom is 0.306 e. The lowest BCUT2D eigenvalue weighted by Gasteiger charge is -2.18. The van der Waals surface area contributed by atoms with Gasteiger partial charge in [0.15, 0.2) is 6.10 Å². The monoisotopic (exact) mass is 823 g/mol. The first kappa shape index (κ1) is 55.9. The van der Waals surface area contributed by atoms with Gasteiger partial charge in [-0.1, -0.05) is 177 Å². The van der Waals surface area contributed by atoms with Gasteiger partial charge in [0.05, 0.1) is 0 Å². The fraction of sp³-hybridized carbons (Fsp3) is 0.717. The Kier molecular flexibility index (Phi) is 45.0. The smallest absolute Gasteiger partial charge is 0.306 e. The van der Waals surface area contributed by atoms with Crippen LogP contribution in [-0.2, 0) is 28.6 Å². The number of esters is 3. The summed E-state index contributed by atoms with van der Waals surface area (Å²) in [5.41, 5.74) is 0. The summed E-state index contributed by atoms with van der Waals surface area (Å²) in [5.74, 6) is -1.00. The summed E-state index contributed by atoms with van der Waals surface area (Å²) in [7, 11) is 0. The average Bonchev–Trinajstić information content (AvgIpc) is 3.23. The van der Waals surface area contributed by atoms with Crippen molar-refractivity contribution in [1.82, 2.24) is 0 Å². The molecule has 6 nitrogen and oxygen atoms in total. The van der Waals surface area contributed by atoms with Crippen molar-refractivity contribution in [1.29, 1.82) is 0 Å². The zero-order valence-corrected chi connectivity index (χ0v) is 38.5. The standard InChI is InChI=1S/C53H90O6/c1-4-7-10-13-16-19-21-23-25-26-28-29-31-34-37-40-43-46-52(55)58-49-50(48-57-51(54)45-42-39-36-33-18-15-12-9-6-3)59-53(56)47-44-41-38-35-32-30-27-24-22-20-17-14-11-8-5-2/h9,12,18,20,22-23,25,28-29,33-34,37,50H,4-8,10-11,13-17,19,21,24,26-27,30-32,35-36,38-49H2,1-3H3/b12-9-,22-20-,25-23-,29-28-,33-18-,37-34-. The summed E-state index contributed by atoms with van der Waals surface area (Å²) >= 11 is 0. The molecule has 0 aliphatic rings. The van der Waals surface area contributed by atoms with Crippen LogP contribution in [0, 0.1) is 0 Å². The van der Waals surface area contributed by atoms with E-state index in [0.717, 1.165) is 70.6 Å². The highest BCUT2D eigenvalue weighted by atomic mass is 16.6. The third-order valence-corrected chi connectivity index (χ3v) is 10.2. The summed E-state index contributed by atoms with van der Waals surface area (Å²) in [6, 6.07) is 0. The van der Waals surface area contributed by atoms with Gasteiger partial charge in [-0.2, -0.15) is 0 Å². The topological polar surface area (TPSA) is 78.9 Å². The van der Waals surface area contributed by atoms with E-state index in [1.165, 1.54) is 109 Å². The number of hydrogen-bond acceptors (Lipinski definition) is 6. The maximum absolute atomic E-state index is 12.7. The summed E-state index contributed by atoms with van der Waals surface area (Å²) in [6.45, 7) is 6.40. The minimum Gasteiger partial charge on any atom is -0.462 e. The van der Waals surface area contributed by atoms with Crippen LogP contribution in [0.3, 0.4) is 0 Å². The van der Waals surface area contributed by atoms with Gasteiger partial charge in [-0.3, -0.25) is 14.4 Å². The average molecular weight is 823 g/mol. The molecule has 0 saturated carbocycles. The summed E-state index contributed by atoms with van der Waals surface area (Å²) in [5, 5.41) is 0. The molecule has 338 valence electrons. The van der Waals surface area contributed by atoms with Gasteiger partial charge in [0, 0.05) is 19.3 Å². The molecule has 0 radical (unpaired) electrons. The minimum atomic E-state index is -0.808. The van der Waals surface area contributed by atoms with Crippen LogP contribution in [0.2, 0.25) is 0 Å². The van der Waals surface area contributed by atoms with Crippen molar-refractivity contribution >= 4 is 17.9 Å². The van der Waals surface area contributed by atoms with Crippen molar-refractivity contribution in [3.63, 3.8) is 0 Å². The van der Waals surface area contributed by atoms with E-state index < -0.39 is 6.10 Å². The van der Waals surface area contributed by atoms with Gasteiger partial charge in [-0.05, 0) is 103 Å². The molecule has 0 aliphatic carbocycles. The number of ether oxygens (including phenoxy) is 3. The van der Waals surface area contributed by atoms with Gasteiger partial charge < -0.3 is 14.2 Å². The van der Waals surface area contributed by atoms with Crippen LogP contribution >= 0.6 is 0 Å². The maximum atomic E-state index is 12.7. The lowest BCUT2D eigenvalue weighted by molar-refractivity contribution is -0.167. The van der Waals surface area contributed by atoms with Crippen LogP contribution in [0.25, 0.3) is 0 Å². The molecular formula is C53H90O6. The predicted octanol–water partition coefficient (Wildman–Crippen LogP) is 15.9. The van der Waals surface area contributed by atoms with E-state index in [1.54, 1.807) is 0 Å². The van der Waals surface area contributed by atoms with Crippen LogP contribution in [0.5, 0.6) is 0 Å². The van der Waals surface area contributed by atoms with E-state index in [0.29, 0.717) is 19.3 Å². The number of rotatable bonds is 43. The van der Waals surface area contributed by atoms with E-state index in [2.05, 4.69) is 93.7 Å². The normalized spacial score (nSPS) is 12.7. The van der Waals surface area contributed by atoms with Crippen molar-refractivity contribution in [2.24, 2.45) is 0 Å². The Morgan fingerprint density at radius 3 is 1.17 bits per heavy atom. The Morgan fingerprint density at radius 1 is 0.356 bits per heavy atom. The summed E-state index contributed by atoms with van der Waals surface area (Å²) in [4.78, 5) is 37.8. The van der Waals surface area contributed by atoms with E-state index in [4.69, 9.17) is 14.2 Å². The van der Waals surface area contributed by atoms with Gasteiger partial charge in [0.1, 0.15) is 13.2 Å². The van der Waals surface area contributed by atoms with Crippen LogP contribution in [0.4, 0.5) is 0 Å². The highest BCUT2D eigenvalue weighted by molar-refractivity contribution is 5.71. The van der Waals surface area contributed by atoms with Crippen LogP contribution in [0.1, 0.15) is 226 Å². The summed E-state index contributed by atoms with van der Waals surface area (Å²) in [6.07, 6.45) is 59.0. The number of allylic oxidation sites excluding steroid dienone is 12. The molecule has 0 bridgehead atoms. The molecule has 0 fully saturated rings. The van der Waals surface area contributed by atoms with E-state index in [9.17, 15) is 14.4 Å². The Hall–Kier alpha value is -3.15. The third kappa shape index (κ3) is 45.8. The molecule has 0 rings (SSSR count). The predicted molar refractivity (Wildman–Crippen MR) is 251 cm³/mol. The third-order valence-electron chi connectivity index (χ3n) is 10.2. The zero-order chi connectivity index (χ0) is 43.0. The molecule has 0 aliphatic heterocycles. The van der Waals surface area contributed by atoms with Crippen LogP contribution in [0.15, 0.2) is 72.9 Å². The molecule has 0 N–H and O–H groups in total. The van der Waals surface area contributed by atoms with Gasteiger partial charge >= 0.3 is 17.9 Å². The first-order valence-corrected chi connectivity index (χ1v) is 24.4. The second-order valence-corrected chi connectivity index (χ2v) is 16.0. The molecule has 0 amide bonds. The van der Waals surface area contributed by atoms with Gasteiger partial charge in [-0.15, -0.1) is 0 Å². The van der Waals surface area contributed by atoms with Gasteiger partial charge in [0.2, 0.25) is 0 Å². The molecule has 0 heterocycles. The number of carbonyl (C=O) groups is 3. The van der Waals surface area contributed by atoms with E-state index >= 15 is 0 Å². The lowest BCUT2D eigenvalue weighted by atomic mass is 10.1. The number of carbonyl (C=O) groups excluding carboxylic acids is 3. The molecule has 0 aromatic carbocycles. The Balaban J connectivity index is 4.45. The first-order chi connectivity index (χ1) is 29.0. The molecule has 1 atom stereocenters. The molecule has 0 aromatic heterocycles. The van der Waals surface area contributed by atoms with Crippen molar-refractivity contribution < 1.29 is 28.6 Å². The largest absolute Gasteiger partial charge is 0.462 e. The highest BCUT2D eigenvalue weighted by Gasteiger charge is 2.19. The first-order valence-electron chi connectivity index (χ1n) is 24.4. The number of unbranched alkanes of at least 4 members (excludes halogenated alkanes) is 20. The van der Waals surface area contributed by atoms with Crippen LogP contribution in [-0.4, -0.2) is 37.2 Å². The molecule has 0 spiro atoms. The molecule has 0 saturated heterocycles. The Morgan fingerprint density at radius 2 is 0.678 bits per heavy atom. The molecule has 6 heteroatoms. The second-order valence-electron chi connectivity index (χ2n) is 16.0. The Labute approximate surface area is 363 Å². The Bertz CT molecular complexity index is 1130. The molecule has 0 aromatic rings. The van der Waals surface area contributed by atoms with Gasteiger partial charge in [0.25, 0.3) is 0 Å². The SMILES string of the molecule is CC/C=C\C/C=C\CCCCC(=O)OCC(COC(=O)CCC/C=C\C/C=C\C/C=C\CCCCCCCC)OC(=O)CCCCCCCCC/C=C\CCCCCC. The van der Waals surface area contributed by atoms with E-state index in [-0.39, 0.29) is 37.5 Å².